The summed E-state index contributed by atoms with van der Waals surface area (Å²) < 4.78 is 6.14. The lowest BCUT2D eigenvalue weighted by atomic mass is 10.0. The summed E-state index contributed by atoms with van der Waals surface area (Å²) in [5.41, 5.74) is 5.84. The number of hydrogen-bond donors (Lipinski definition) is 0. The molecule has 0 N–H and O–H groups in total. The molecule has 116 valence electrons. The highest BCUT2D eigenvalue weighted by Gasteiger charge is 2.22. The number of rotatable bonds is 2. The van der Waals surface area contributed by atoms with E-state index in [0.29, 0.717) is 6.73 Å². The van der Waals surface area contributed by atoms with Crippen molar-refractivity contribution < 1.29 is 4.74 Å². The lowest BCUT2D eigenvalue weighted by Gasteiger charge is -2.30. The maximum atomic E-state index is 6.14. The van der Waals surface area contributed by atoms with Crippen LogP contribution in [0.1, 0.15) is 22.4 Å². The number of benzene rings is 2. The van der Waals surface area contributed by atoms with E-state index in [1.54, 1.807) is 0 Å². The van der Waals surface area contributed by atoms with Crippen molar-refractivity contribution in [2.24, 2.45) is 0 Å². The van der Waals surface area contributed by atoms with Crippen molar-refractivity contribution in [3.8, 4) is 5.75 Å². The van der Waals surface area contributed by atoms with E-state index >= 15 is 0 Å². The van der Waals surface area contributed by atoms with Crippen molar-refractivity contribution >= 4 is 10.9 Å². The summed E-state index contributed by atoms with van der Waals surface area (Å²) in [6.45, 7) is 6.58. The average molecular weight is 304 g/mol. The van der Waals surface area contributed by atoms with Gasteiger partial charge in [0.2, 0.25) is 0 Å². The lowest BCUT2D eigenvalue weighted by molar-refractivity contribution is 0.0897. The highest BCUT2D eigenvalue weighted by Crippen LogP contribution is 2.35. The predicted molar refractivity (Wildman–Crippen MR) is 92.4 cm³/mol. The van der Waals surface area contributed by atoms with Crippen LogP contribution in [-0.4, -0.2) is 16.6 Å². The predicted octanol–water partition coefficient (Wildman–Crippen LogP) is 4.20. The Labute approximate surface area is 136 Å². The van der Waals surface area contributed by atoms with Crippen LogP contribution in [0.5, 0.6) is 5.75 Å². The van der Waals surface area contributed by atoms with E-state index in [-0.39, 0.29) is 0 Å². The zero-order chi connectivity index (χ0) is 15.8. The molecule has 0 radical (unpaired) electrons. The maximum absolute atomic E-state index is 6.14. The number of pyridine rings is 1. The second kappa shape index (κ2) is 5.67. The molecule has 1 aromatic heterocycles. The Hall–Kier alpha value is -2.39. The van der Waals surface area contributed by atoms with E-state index in [0.717, 1.165) is 35.4 Å². The quantitative estimate of drug-likeness (QED) is 0.709. The third kappa shape index (κ3) is 2.68. The van der Waals surface area contributed by atoms with Crippen molar-refractivity contribution in [2.75, 3.05) is 6.73 Å². The van der Waals surface area contributed by atoms with Gasteiger partial charge in [0.25, 0.3) is 0 Å². The Bertz CT molecular complexity index is 858. The van der Waals surface area contributed by atoms with Gasteiger partial charge in [-0.15, -0.1) is 0 Å². The summed E-state index contributed by atoms with van der Waals surface area (Å²) >= 11 is 0. The van der Waals surface area contributed by atoms with Crippen LogP contribution in [0.4, 0.5) is 0 Å². The van der Waals surface area contributed by atoms with E-state index in [2.05, 4.69) is 61.2 Å². The highest BCUT2D eigenvalue weighted by molar-refractivity contribution is 5.87. The molecule has 23 heavy (non-hydrogen) atoms. The van der Waals surface area contributed by atoms with Gasteiger partial charge >= 0.3 is 0 Å². The summed E-state index contributed by atoms with van der Waals surface area (Å²) in [7, 11) is 0. The number of nitrogens with zero attached hydrogens (tertiary/aromatic N) is 2. The van der Waals surface area contributed by atoms with Crippen LogP contribution in [0.25, 0.3) is 10.9 Å². The van der Waals surface area contributed by atoms with Gasteiger partial charge < -0.3 is 4.74 Å². The van der Waals surface area contributed by atoms with Crippen molar-refractivity contribution in [3.63, 3.8) is 0 Å². The Balaban J connectivity index is 1.69. The van der Waals surface area contributed by atoms with Crippen molar-refractivity contribution in [2.45, 2.75) is 26.9 Å². The first-order chi connectivity index (χ1) is 11.2. The first kappa shape index (κ1) is 14.2. The fourth-order valence-electron chi connectivity index (χ4n) is 3.22. The molecule has 0 unspecified atom stereocenters. The molecule has 0 atom stereocenters. The minimum atomic E-state index is 0.619. The third-order valence-corrected chi connectivity index (χ3v) is 4.42. The summed E-state index contributed by atoms with van der Waals surface area (Å²) in [5.74, 6) is 1.01. The molecule has 2 aromatic carbocycles. The molecule has 3 nitrogen and oxygen atoms in total. The fourth-order valence-corrected chi connectivity index (χ4v) is 3.22. The molecule has 0 amide bonds. The number of aryl methyl sites for hydroxylation is 2. The molecule has 0 fully saturated rings. The van der Waals surface area contributed by atoms with Crippen LogP contribution in [0.15, 0.2) is 48.5 Å². The fraction of sp³-hybridized carbons (Fsp3) is 0.250. The topological polar surface area (TPSA) is 25.4 Å². The zero-order valence-electron chi connectivity index (χ0n) is 13.5. The van der Waals surface area contributed by atoms with Gasteiger partial charge in [-0.25, -0.2) is 0 Å². The summed E-state index contributed by atoms with van der Waals surface area (Å²) in [4.78, 5) is 7.08. The van der Waals surface area contributed by atoms with Crippen molar-refractivity contribution in [3.05, 3.63) is 70.9 Å². The van der Waals surface area contributed by atoms with Gasteiger partial charge in [0.05, 0.1) is 5.52 Å². The van der Waals surface area contributed by atoms with Crippen LogP contribution in [0.2, 0.25) is 0 Å². The van der Waals surface area contributed by atoms with E-state index in [4.69, 9.17) is 9.72 Å². The molecule has 1 aliphatic heterocycles. The molecule has 0 saturated carbocycles. The normalized spacial score (nSPS) is 14.5. The number of ether oxygens (including phenoxy) is 1. The standard InChI is InChI=1S/C20H20N2O/c1-14-8-9-19-17(10-14)20-18(15(2)21-19)12-22(13-23-20)11-16-6-4-3-5-7-16/h3-10H,11-13H2,1-2H3. The van der Waals surface area contributed by atoms with Crippen LogP contribution >= 0.6 is 0 Å². The lowest BCUT2D eigenvalue weighted by Crippen LogP contribution is -2.32. The molecule has 2 heterocycles. The summed E-state index contributed by atoms with van der Waals surface area (Å²) in [6.07, 6.45) is 0. The molecular weight excluding hydrogens is 284 g/mol. The molecule has 3 heteroatoms. The maximum Gasteiger partial charge on any atom is 0.142 e. The largest absolute Gasteiger partial charge is 0.477 e. The van der Waals surface area contributed by atoms with Gasteiger partial charge in [-0.05, 0) is 31.5 Å². The molecule has 3 aromatic rings. The highest BCUT2D eigenvalue weighted by atomic mass is 16.5. The van der Waals surface area contributed by atoms with E-state index in [9.17, 15) is 0 Å². The monoisotopic (exact) mass is 304 g/mol. The van der Waals surface area contributed by atoms with Crippen LogP contribution in [-0.2, 0) is 13.1 Å². The van der Waals surface area contributed by atoms with Gasteiger partial charge in [-0.3, -0.25) is 9.88 Å². The Kier molecular flexibility index (Phi) is 3.50. The Morgan fingerprint density at radius 3 is 2.74 bits per heavy atom. The van der Waals surface area contributed by atoms with Gasteiger partial charge in [0.15, 0.2) is 0 Å². The minimum Gasteiger partial charge on any atom is -0.477 e. The zero-order valence-corrected chi connectivity index (χ0v) is 13.5. The van der Waals surface area contributed by atoms with Gasteiger partial charge in [0, 0.05) is 29.7 Å². The van der Waals surface area contributed by atoms with E-state index in [1.165, 1.54) is 16.7 Å². The summed E-state index contributed by atoms with van der Waals surface area (Å²) in [5, 5.41) is 1.13. The van der Waals surface area contributed by atoms with Crippen molar-refractivity contribution in [1.82, 2.24) is 9.88 Å². The van der Waals surface area contributed by atoms with Gasteiger partial charge in [0.1, 0.15) is 12.5 Å². The molecule has 0 spiro atoms. The SMILES string of the molecule is Cc1ccc2nc(C)c3c(c2c1)OCN(Cc1ccccc1)C3. The average Bonchev–Trinajstić information content (AvgIpc) is 2.57. The van der Waals surface area contributed by atoms with Crippen LogP contribution < -0.4 is 4.74 Å². The first-order valence-electron chi connectivity index (χ1n) is 7.99. The van der Waals surface area contributed by atoms with Crippen molar-refractivity contribution in [1.29, 1.82) is 0 Å². The van der Waals surface area contributed by atoms with E-state index < -0.39 is 0 Å². The second-order valence-electron chi connectivity index (χ2n) is 6.27. The minimum absolute atomic E-state index is 0.619. The second-order valence-corrected chi connectivity index (χ2v) is 6.27. The van der Waals surface area contributed by atoms with Gasteiger partial charge in [-0.1, -0.05) is 42.0 Å². The number of aromatic nitrogens is 1. The van der Waals surface area contributed by atoms with Crippen LogP contribution in [0.3, 0.4) is 0 Å². The number of hydrogen-bond acceptors (Lipinski definition) is 3. The first-order valence-corrected chi connectivity index (χ1v) is 7.99. The summed E-state index contributed by atoms with van der Waals surface area (Å²) in [6, 6.07) is 16.9. The Morgan fingerprint density at radius 2 is 1.91 bits per heavy atom. The smallest absolute Gasteiger partial charge is 0.142 e. The molecule has 0 saturated heterocycles. The van der Waals surface area contributed by atoms with Gasteiger partial charge in [-0.2, -0.15) is 0 Å². The Morgan fingerprint density at radius 1 is 1.09 bits per heavy atom. The molecule has 0 aliphatic carbocycles. The van der Waals surface area contributed by atoms with E-state index in [1.807, 2.05) is 6.07 Å². The number of fused-ring (bicyclic) bond motifs is 3. The third-order valence-electron chi connectivity index (χ3n) is 4.42. The molecule has 1 aliphatic rings. The molecular formula is C20H20N2O. The molecule has 4 rings (SSSR count). The van der Waals surface area contributed by atoms with Crippen LogP contribution in [0, 0.1) is 13.8 Å². The molecule has 0 bridgehead atoms.